The molecule has 0 heterocycles. The lowest BCUT2D eigenvalue weighted by molar-refractivity contribution is 0.0536. The molecular weight excluding hydrogens is 256 g/mol. The van der Waals surface area contributed by atoms with Crippen molar-refractivity contribution in [3.63, 3.8) is 0 Å². The summed E-state index contributed by atoms with van der Waals surface area (Å²) >= 11 is 0. The van der Waals surface area contributed by atoms with Crippen LogP contribution in [0.4, 0.5) is 4.79 Å². The van der Waals surface area contributed by atoms with Crippen LogP contribution in [0.25, 0.3) is 0 Å². The minimum Gasteiger partial charge on any atom is -0.450 e. The van der Waals surface area contributed by atoms with Crippen LogP contribution in [0.5, 0.6) is 0 Å². The van der Waals surface area contributed by atoms with Crippen molar-refractivity contribution in [3.05, 3.63) is 35.9 Å². The van der Waals surface area contributed by atoms with Crippen LogP contribution in [-0.2, 0) is 4.74 Å². The Morgan fingerprint density at radius 3 is 2.00 bits per heavy atom. The van der Waals surface area contributed by atoms with E-state index in [0.717, 1.165) is 18.4 Å². The van der Waals surface area contributed by atoms with Crippen molar-refractivity contribution in [1.29, 1.82) is 0 Å². The van der Waals surface area contributed by atoms with Crippen LogP contribution in [0.15, 0.2) is 30.3 Å². The predicted octanol–water partition coefficient (Wildman–Crippen LogP) is 4.39. The molecule has 4 nitrogen and oxygen atoms in total. The normalized spacial score (nSPS) is 11.2. The molecule has 1 aromatic carbocycles. The first-order valence-corrected chi connectivity index (χ1v) is 6.78. The van der Waals surface area contributed by atoms with Crippen molar-refractivity contribution in [2.45, 2.75) is 46.6 Å². The Morgan fingerprint density at radius 1 is 1.10 bits per heavy atom. The molecule has 1 unspecified atom stereocenters. The Hall–Kier alpha value is -1.84. The van der Waals surface area contributed by atoms with Gasteiger partial charge >= 0.3 is 6.16 Å². The molecule has 0 aliphatic carbocycles. The lowest BCUT2D eigenvalue weighted by atomic mass is 10.1. The van der Waals surface area contributed by atoms with Crippen LogP contribution in [0.3, 0.4) is 0 Å². The highest BCUT2D eigenvalue weighted by atomic mass is 16.7. The van der Waals surface area contributed by atoms with Gasteiger partial charge < -0.3 is 9.84 Å². The van der Waals surface area contributed by atoms with Crippen LogP contribution in [0.2, 0.25) is 0 Å². The van der Waals surface area contributed by atoms with Gasteiger partial charge in [-0.05, 0) is 32.6 Å². The SMILES string of the molecule is CC(=O)c1ccccc1.CC(C)CCC(C)OC(=O)O. The molecule has 0 amide bonds. The van der Waals surface area contributed by atoms with Gasteiger partial charge in [-0.1, -0.05) is 44.2 Å². The number of carbonyl (C=O) groups excluding carboxylic acids is 1. The van der Waals surface area contributed by atoms with Crippen molar-refractivity contribution in [2.24, 2.45) is 5.92 Å². The Labute approximate surface area is 120 Å². The van der Waals surface area contributed by atoms with Gasteiger partial charge in [0.1, 0.15) is 6.10 Å². The van der Waals surface area contributed by atoms with Gasteiger partial charge in [-0.2, -0.15) is 0 Å². The Morgan fingerprint density at radius 2 is 1.65 bits per heavy atom. The Bertz CT molecular complexity index is 398. The van der Waals surface area contributed by atoms with E-state index in [1.165, 1.54) is 0 Å². The topological polar surface area (TPSA) is 63.6 Å². The van der Waals surface area contributed by atoms with Crippen LogP contribution in [-0.4, -0.2) is 23.1 Å². The number of Topliss-reactive ketones (excluding diaryl/α,β-unsaturated/α-hetero) is 1. The maximum absolute atomic E-state index is 10.6. The third-order valence-corrected chi connectivity index (χ3v) is 2.63. The minimum atomic E-state index is -1.18. The van der Waals surface area contributed by atoms with E-state index in [9.17, 15) is 9.59 Å². The van der Waals surface area contributed by atoms with Crippen LogP contribution in [0.1, 0.15) is 50.9 Å². The highest BCUT2D eigenvalue weighted by Gasteiger charge is 2.07. The molecule has 0 aliphatic heterocycles. The zero-order chi connectivity index (χ0) is 15.5. The molecule has 0 aliphatic rings. The molecule has 1 aromatic rings. The summed E-state index contributed by atoms with van der Waals surface area (Å²) in [5, 5.41) is 8.23. The molecule has 1 rings (SSSR count). The summed E-state index contributed by atoms with van der Waals surface area (Å²) in [6.45, 7) is 7.55. The first-order valence-electron chi connectivity index (χ1n) is 6.78. The molecule has 0 saturated heterocycles. The summed E-state index contributed by atoms with van der Waals surface area (Å²) in [5.41, 5.74) is 0.775. The van der Waals surface area contributed by atoms with Crippen molar-refractivity contribution < 1.29 is 19.4 Å². The fraction of sp³-hybridized carbons (Fsp3) is 0.500. The second-order valence-corrected chi connectivity index (χ2v) is 5.09. The van der Waals surface area contributed by atoms with Crippen molar-refractivity contribution in [2.75, 3.05) is 0 Å². The molecular formula is C16H24O4. The fourth-order valence-corrected chi connectivity index (χ4v) is 1.47. The van der Waals surface area contributed by atoms with Crippen molar-refractivity contribution in [3.8, 4) is 0 Å². The predicted molar refractivity (Wildman–Crippen MR) is 79.1 cm³/mol. The first-order chi connectivity index (χ1) is 9.32. The highest BCUT2D eigenvalue weighted by molar-refractivity contribution is 5.93. The monoisotopic (exact) mass is 280 g/mol. The van der Waals surface area contributed by atoms with E-state index >= 15 is 0 Å². The Kier molecular flexibility index (Phi) is 9.09. The summed E-state index contributed by atoms with van der Waals surface area (Å²) in [7, 11) is 0. The average Bonchev–Trinajstić information content (AvgIpc) is 2.37. The van der Waals surface area contributed by atoms with Gasteiger partial charge in [0, 0.05) is 5.56 Å². The molecule has 4 heteroatoms. The van der Waals surface area contributed by atoms with E-state index in [4.69, 9.17) is 5.11 Å². The molecule has 1 N–H and O–H groups in total. The van der Waals surface area contributed by atoms with Gasteiger partial charge in [0.25, 0.3) is 0 Å². The van der Waals surface area contributed by atoms with Crippen LogP contribution >= 0.6 is 0 Å². The molecule has 0 fully saturated rings. The summed E-state index contributed by atoms with van der Waals surface area (Å²) in [4.78, 5) is 20.7. The molecule has 1 atom stereocenters. The van der Waals surface area contributed by atoms with E-state index in [1.807, 2.05) is 30.3 Å². The zero-order valence-electron chi connectivity index (χ0n) is 12.6. The molecule has 0 radical (unpaired) electrons. The number of rotatable bonds is 5. The van der Waals surface area contributed by atoms with E-state index in [0.29, 0.717) is 5.92 Å². The summed E-state index contributed by atoms with van der Waals surface area (Å²) in [6, 6.07) is 9.23. The van der Waals surface area contributed by atoms with Crippen molar-refractivity contribution >= 4 is 11.9 Å². The van der Waals surface area contributed by atoms with Gasteiger partial charge in [-0.25, -0.2) is 4.79 Å². The molecule has 0 bridgehead atoms. The van der Waals surface area contributed by atoms with Crippen LogP contribution in [0, 0.1) is 5.92 Å². The van der Waals surface area contributed by atoms with Gasteiger partial charge in [0.15, 0.2) is 5.78 Å². The van der Waals surface area contributed by atoms with Crippen molar-refractivity contribution in [1.82, 2.24) is 0 Å². The maximum Gasteiger partial charge on any atom is 0.506 e. The maximum atomic E-state index is 10.6. The number of hydrogen-bond donors (Lipinski definition) is 1. The quantitative estimate of drug-likeness (QED) is 0.641. The number of ether oxygens (including phenoxy) is 1. The standard InChI is InChI=1S/C8H16O3.C8H8O/c1-6(2)4-5-7(3)11-8(9)10;1-7(9)8-5-3-2-4-6-8/h6-7H,4-5H2,1-3H3,(H,9,10);2-6H,1H3. The summed E-state index contributed by atoms with van der Waals surface area (Å²) in [5.74, 6) is 0.727. The lowest BCUT2D eigenvalue weighted by Crippen LogP contribution is -2.13. The fourth-order valence-electron chi connectivity index (χ4n) is 1.47. The number of hydrogen-bond acceptors (Lipinski definition) is 3. The average molecular weight is 280 g/mol. The second-order valence-electron chi connectivity index (χ2n) is 5.09. The van der Waals surface area contributed by atoms with Crippen LogP contribution < -0.4 is 0 Å². The first kappa shape index (κ1) is 18.2. The number of carboxylic acid groups (broad SMARTS) is 1. The van der Waals surface area contributed by atoms with E-state index in [2.05, 4.69) is 18.6 Å². The molecule has 0 aromatic heterocycles. The summed E-state index contributed by atoms with van der Waals surface area (Å²) < 4.78 is 4.52. The Balaban J connectivity index is 0.000000367. The second kappa shape index (κ2) is 10.0. The van der Waals surface area contributed by atoms with Gasteiger partial charge in [0.05, 0.1) is 0 Å². The minimum absolute atomic E-state index is 0.121. The summed E-state index contributed by atoms with van der Waals surface area (Å²) in [6.07, 6.45) is 0.467. The molecule has 0 spiro atoms. The third kappa shape index (κ3) is 10.1. The molecule has 0 saturated carbocycles. The van der Waals surface area contributed by atoms with Gasteiger partial charge in [-0.3, -0.25) is 4.79 Å². The van der Waals surface area contributed by atoms with Gasteiger partial charge in [0.2, 0.25) is 0 Å². The molecule has 112 valence electrons. The smallest absolute Gasteiger partial charge is 0.450 e. The van der Waals surface area contributed by atoms with E-state index in [-0.39, 0.29) is 11.9 Å². The molecule has 20 heavy (non-hydrogen) atoms. The highest BCUT2D eigenvalue weighted by Crippen LogP contribution is 2.08. The number of benzene rings is 1. The van der Waals surface area contributed by atoms with E-state index < -0.39 is 6.16 Å². The third-order valence-electron chi connectivity index (χ3n) is 2.63. The zero-order valence-corrected chi connectivity index (χ0v) is 12.6. The lowest BCUT2D eigenvalue weighted by Gasteiger charge is -2.11. The number of ketones is 1. The number of carbonyl (C=O) groups is 2. The van der Waals surface area contributed by atoms with Gasteiger partial charge in [-0.15, -0.1) is 0 Å². The van der Waals surface area contributed by atoms with E-state index in [1.54, 1.807) is 13.8 Å². The largest absolute Gasteiger partial charge is 0.506 e.